The molecule has 1 fully saturated rings. The number of rotatable bonds is 5. The molecule has 0 bridgehead atoms. The van der Waals surface area contributed by atoms with Crippen molar-refractivity contribution in [2.45, 2.75) is 57.5 Å². The van der Waals surface area contributed by atoms with Gasteiger partial charge in [-0.25, -0.2) is 8.42 Å². The van der Waals surface area contributed by atoms with Crippen LogP contribution < -0.4 is 0 Å². The van der Waals surface area contributed by atoms with E-state index in [1.807, 2.05) is 32.9 Å². The van der Waals surface area contributed by atoms with Gasteiger partial charge in [0.25, 0.3) is 5.91 Å². The lowest BCUT2D eigenvalue weighted by molar-refractivity contribution is 0.0784. The van der Waals surface area contributed by atoms with Crippen molar-refractivity contribution in [3.63, 3.8) is 0 Å². The molecule has 0 saturated carbocycles. The summed E-state index contributed by atoms with van der Waals surface area (Å²) in [5.41, 5.74) is 3.80. The standard InChI is InChI=1S/C23H30N2O3S/c1-17-11-12-21(18(2)14-17)16-24(4)23(26)20-9-7-10-22(15-20)29(27,28)25-13-6-5-8-19(25)3/h7,9-12,14-15,19H,5-6,8,13,16H2,1-4H3/t19-/m1/s1. The molecular formula is C23H30N2O3S. The van der Waals surface area contributed by atoms with Crippen molar-refractivity contribution in [3.05, 3.63) is 64.7 Å². The number of sulfonamides is 1. The van der Waals surface area contributed by atoms with E-state index in [9.17, 15) is 13.2 Å². The van der Waals surface area contributed by atoms with Crippen molar-refractivity contribution in [1.29, 1.82) is 0 Å². The first-order valence-corrected chi connectivity index (χ1v) is 11.6. The molecule has 6 heteroatoms. The van der Waals surface area contributed by atoms with Crippen LogP contribution in [-0.2, 0) is 16.6 Å². The van der Waals surface area contributed by atoms with Crippen LogP contribution in [0.25, 0.3) is 0 Å². The average molecular weight is 415 g/mol. The van der Waals surface area contributed by atoms with E-state index in [4.69, 9.17) is 0 Å². The third-order valence-electron chi connectivity index (χ3n) is 5.68. The predicted molar refractivity (Wildman–Crippen MR) is 115 cm³/mol. The normalized spacial score (nSPS) is 17.9. The van der Waals surface area contributed by atoms with Crippen LogP contribution in [-0.4, -0.2) is 43.2 Å². The number of piperidine rings is 1. The molecule has 1 saturated heterocycles. The molecule has 0 aliphatic carbocycles. The van der Waals surface area contributed by atoms with Gasteiger partial charge in [0, 0.05) is 31.7 Å². The Labute approximate surface area is 174 Å². The lowest BCUT2D eigenvalue weighted by Gasteiger charge is -2.32. The molecular weight excluding hydrogens is 384 g/mol. The molecule has 1 aliphatic heterocycles. The summed E-state index contributed by atoms with van der Waals surface area (Å²) in [6.07, 6.45) is 2.80. The SMILES string of the molecule is Cc1ccc(CN(C)C(=O)c2cccc(S(=O)(=O)N3CCCC[C@H]3C)c2)c(C)c1. The number of carbonyl (C=O) groups is 1. The highest BCUT2D eigenvalue weighted by molar-refractivity contribution is 7.89. The molecule has 1 atom stereocenters. The van der Waals surface area contributed by atoms with Crippen LogP contribution in [0.3, 0.4) is 0 Å². The van der Waals surface area contributed by atoms with E-state index < -0.39 is 10.0 Å². The van der Waals surface area contributed by atoms with Gasteiger partial charge in [-0.1, -0.05) is 36.2 Å². The molecule has 1 amide bonds. The van der Waals surface area contributed by atoms with Crippen LogP contribution >= 0.6 is 0 Å². The molecule has 0 N–H and O–H groups in total. The maximum atomic E-state index is 13.1. The van der Waals surface area contributed by atoms with Crippen LogP contribution in [0, 0.1) is 13.8 Å². The smallest absolute Gasteiger partial charge is 0.253 e. The van der Waals surface area contributed by atoms with E-state index in [-0.39, 0.29) is 16.8 Å². The molecule has 1 aliphatic rings. The van der Waals surface area contributed by atoms with Crippen LogP contribution in [0.15, 0.2) is 47.4 Å². The third-order valence-corrected chi connectivity index (χ3v) is 7.69. The summed E-state index contributed by atoms with van der Waals surface area (Å²) in [6.45, 7) is 7.04. The second-order valence-corrected chi connectivity index (χ2v) is 9.97. The largest absolute Gasteiger partial charge is 0.337 e. The minimum absolute atomic E-state index is 0.0136. The lowest BCUT2D eigenvalue weighted by atomic mass is 10.1. The second-order valence-electron chi connectivity index (χ2n) is 8.08. The van der Waals surface area contributed by atoms with Gasteiger partial charge in [-0.15, -0.1) is 0 Å². The number of benzene rings is 2. The van der Waals surface area contributed by atoms with Crippen molar-refractivity contribution in [3.8, 4) is 0 Å². The first kappa shape index (κ1) is 21.5. The molecule has 1 heterocycles. The van der Waals surface area contributed by atoms with Crippen molar-refractivity contribution in [1.82, 2.24) is 9.21 Å². The summed E-state index contributed by atoms with van der Waals surface area (Å²) in [5.74, 6) is -0.186. The minimum Gasteiger partial charge on any atom is -0.337 e. The highest BCUT2D eigenvalue weighted by Gasteiger charge is 2.31. The van der Waals surface area contributed by atoms with Gasteiger partial charge >= 0.3 is 0 Å². The average Bonchev–Trinajstić information content (AvgIpc) is 2.69. The van der Waals surface area contributed by atoms with E-state index in [1.54, 1.807) is 34.5 Å². The molecule has 5 nitrogen and oxygen atoms in total. The van der Waals surface area contributed by atoms with E-state index >= 15 is 0 Å². The van der Waals surface area contributed by atoms with Crippen LogP contribution in [0.1, 0.15) is 53.2 Å². The Bertz CT molecular complexity index is 1000. The number of carbonyl (C=O) groups excluding carboxylic acids is 1. The van der Waals surface area contributed by atoms with Gasteiger partial charge in [0.1, 0.15) is 0 Å². The van der Waals surface area contributed by atoms with E-state index in [0.717, 1.165) is 30.4 Å². The number of hydrogen-bond acceptors (Lipinski definition) is 3. The monoisotopic (exact) mass is 414 g/mol. The van der Waals surface area contributed by atoms with Crippen molar-refractivity contribution in [2.24, 2.45) is 0 Å². The fourth-order valence-corrected chi connectivity index (χ4v) is 5.67. The highest BCUT2D eigenvalue weighted by atomic mass is 32.2. The Morgan fingerprint density at radius 3 is 2.59 bits per heavy atom. The molecule has 2 aromatic carbocycles. The topological polar surface area (TPSA) is 57.7 Å². The maximum absolute atomic E-state index is 13.1. The zero-order valence-electron chi connectivity index (χ0n) is 17.7. The van der Waals surface area contributed by atoms with Gasteiger partial charge in [0.05, 0.1) is 4.90 Å². The summed E-state index contributed by atoms with van der Waals surface area (Å²) < 4.78 is 27.8. The predicted octanol–water partition coefficient (Wildman–Crippen LogP) is 4.14. The van der Waals surface area contributed by atoms with Crippen molar-refractivity contribution in [2.75, 3.05) is 13.6 Å². The fraction of sp³-hybridized carbons (Fsp3) is 0.435. The maximum Gasteiger partial charge on any atom is 0.253 e. The zero-order chi connectivity index (χ0) is 21.2. The summed E-state index contributed by atoms with van der Waals surface area (Å²) in [4.78, 5) is 14.8. The lowest BCUT2D eigenvalue weighted by Crippen LogP contribution is -2.42. The Kier molecular flexibility index (Phi) is 6.44. The summed E-state index contributed by atoms with van der Waals surface area (Å²) in [7, 11) is -1.86. The van der Waals surface area contributed by atoms with Gasteiger partial charge in [-0.2, -0.15) is 4.31 Å². The van der Waals surface area contributed by atoms with Gasteiger partial charge < -0.3 is 4.90 Å². The van der Waals surface area contributed by atoms with Gasteiger partial charge in [0.2, 0.25) is 10.0 Å². The first-order valence-electron chi connectivity index (χ1n) is 10.1. The Hall–Kier alpha value is -2.18. The molecule has 29 heavy (non-hydrogen) atoms. The van der Waals surface area contributed by atoms with E-state index in [1.165, 1.54) is 11.6 Å². The quantitative estimate of drug-likeness (QED) is 0.739. The molecule has 3 rings (SSSR count). The fourth-order valence-electron chi connectivity index (χ4n) is 3.92. The molecule has 0 spiro atoms. The van der Waals surface area contributed by atoms with E-state index in [0.29, 0.717) is 18.7 Å². The van der Waals surface area contributed by atoms with Gasteiger partial charge in [-0.05, 0) is 62.9 Å². The molecule has 0 aromatic heterocycles. The Morgan fingerprint density at radius 2 is 1.90 bits per heavy atom. The molecule has 156 valence electrons. The minimum atomic E-state index is -3.60. The third kappa shape index (κ3) is 4.70. The van der Waals surface area contributed by atoms with Crippen LogP contribution in [0.2, 0.25) is 0 Å². The van der Waals surface area contributed by atoms with Crippen molar-refractivity contribution >= 4 is 15.9 Å². The van der Waals surface area contributed by atoms with Crippen LogP contribution in [0.4, 0.5) is 0 Å². The van der Waals surface area contributed by atoms with Gasteiger partial charge in [-0.3, -0.25) is 4.79 Å². The molecule has 0 radical (unpaired) electrons. The molecule has 2 aromatic rings. The summed E-state index contributed by atoms with van der Waals surface area (Å²) in [5, 5.41) is 0. The van der Waals surface area contributed by atoms with Crippen LogP contribution in [0.5, 0.6) is 0 Å². The second kappa shape index (κ2) is 8.67. The number of nitrogens with zero attached hydrogens (tertiary/aromatic N) is 2. The Balaban J connectivity index is 1.81. The molecule has 0 unspecified atom stereocenters. The Morgan fingerprint density at radius 1 is 1.14 bits per heavy atom. The number of aryl methyl sites for hydroxylation is 2. The number of amides is 1. The highest BCUT2D eigenvalue weighted by Crippen LogP contribution is 2.26. The summed E-state index contributed by atoms with van der Waals surface area (Å²) >= 11 is 0. The number of hydrogen-bond donors (Lipinski definition) is 0. The van der Waals surface area contributed by atoms with Crippen molar-refractivity contribution < 1.29 is 13.2 Å². The van der Waals surface area contributed by atoms with Gasteiger partial charge in [0.15, 0.2) is 0 Å². The zero-order valence-corrected chi connectivity index (χ0v) is 18.5. The van der Waals surface area contributed by atoms with E-state index in [2.05, 4.69) is 6.07 Å². The summed E-state index contributed by atoms with van der Waals surface area (Å²) in [6, 6.07) is 12.6. The first-order chi connectivity index (χ1) is 13.7.